The highest BCUT2D eigenvalue weighted by molar-refractivity contribution is 8.00. The molecule has 1 aromatic heterocycles. The SMILES string of the molecule is CC(C)OC(=O)[C@@H](C)NP(=O)(OC[C@H]1OC(n2ccc(NC(=O)c3ccc4c(c3)NC(C)S4)nc2=O)C(F)(F)[C@@H]1O)Oc1ccccc1. The number of amides is 1. The molecule has 14 nitrogen and oxygen atoms in total. The molecule has 3 aromatic rings. The zero-order chi connectivity index (χ0) is 34.8. The number of nitrogens with one attached hydrogen (secondary N) is 3. The standard InChI is InChI=1S/C30H34F2N5O9PS/c1-16(2)44-27(40)17(3)36-47(42,46-20-8-6-5-7-9-20)43-15-22-25(38)30(31,32)28(45-22)37-13-12-24(35-29(37)41)34-26(39)19-10-11-23-21(14-19)33-18(4)48-23/h5-14,16-18,22,25,28,33,38H,15H2,1-4H3,(H,36,42)(H,34,35,39,41)/t17-,18?,22-,25-,28?,47?/m1/s1. The first-order valence-electron chi connectivity index (χ1n) is 14.8. The molecule has 3 unspecified atom stereocenters. The van der Waals surface area contributed by atoms with Crippen molar-refractivity contribution in [3.8, 4) is 5.75 Å². The number of hydrogen-bond donors (Lipinski definition) is 4. The summed E-state index contributed by atoms with van der Waals surface area (Å²) < 4.78 is 66.2. The van der Waals surface area contributed by atoms with E-state index in [9.17, 15) is 24.1 Å². The van der Waals surface area contributed by atoms with Crippen molar-refractivity contribution in [1.82, 2.24) is 14.6 Å². The maximum absolute atomic E-state index is 15.3. The Labute approximate surface area is 278 Å². The van der Waals surface area contributed by atoms with Crippen molar-refractivity contribution in [2.75, 3.05) is 17.2 Å². The van der Waals surface area contributed by atoms with Gasteiger partial charge in [0.25, 0.3) is 5.91 Å². The zero-order valence-electron chi connectivity index (χ0n) is 26.2. The number of alkyl halides is 2. The lowest BCUT2D eigenvalue weighted by Gasteiger charge is -2.25. The maximum Gasteiger partial charge on any atom is 0.459 e. The van der Waals surface area contributed by atoms with Gasteiger partial charge in [-0.25, -0.2) is 9.36 Å². The molecular formula is C30H34F2N5O9PS. The number of carbonyl (C=O) groups excluding carboxylic acids is 2. The summed E-state index contributed by atoms with van der Waals surface area (Å²) in [5.41, 5.74) is -0.139. The third-order valence-electron chi connectivity index (χ3n) is 7.04. The average Bonchev–Trinajstić information content (AvgIpc) is 3.50. The number of nitrogens with zero attached hydrogens (tertiary/aromatic N) is 2. The first kappa shape index (κ1) is 35.4. The van der Waals surface area contributed by atoms with E-state index in [1.165, 1.54) is 19.1 Å². The smallest absolute Gasteiger partial charge is 0.459 e. The predicted molar refractivity (Wildman–Crippen MR) is 171 cm³/mol. The van der Waals surface area contributed by atoms with E-state index in [0.717, 1.165) is 22.8 Å². The van der Waals surface area contributed by atoms with Crippen LogP contribution < -0.4 is 25.9 Å². The van der Waals surface area contributed by atoms with E-state index in [1.54, 1.807) is 62.0 Å². The van der Waals surface area contributed by atoms with Crippen LogP contribution in [0.5, 0.6) is 5.75 Å². The topological polar surface area (TPSA) is 179 Å². The summed E-state index contributed by atoms with van der Waals surface area (Å²) >= 11 is 1.60. The molecule has 1 fully saturated rings. The first-order valence-corrected chi connectivity index (χ1v) is 17.2. The van der Waals surface area contributed by atoms with Gasteiger partial charge in [-0.2, -0.15) is 18.9 Å². The molecule has 0 radical (unpaired) electrons. The Kier molecular flexibility index (Phi) is 10.6. The Morgan fingerprint density at radius 1 is 1.19 bits per heavy atom. The van der Waals surface area contributed by atoms with E-state index in [0.29, 0.717) is 4.57 Å². The Bertz CT molecular complexity index is 1770. The molecule has 3 heterocycles. The molecule has 1 saturated heterocycles. The molecule has 2 aliphatic rings. The number of rotatable bonds is 12. The van der Waals surface area contributed by atoms with Crippen molar-refractivity contribution < 1.29 is 46.6 Å². The van der Waals surface area contributed by atoms with E-state index >= 15 is 8.78 Å². The highest BCUT2D eigenvalue weighted by Crippen LogP contribution is 2.48. The van der Waals surface area contributed by atoms with Gasteiger partial charge in [-0.1, -0.05) is 30.0 Å². The van der Waals surface area contributed by atoms with Crippen LogP contribution in [0.2, 0.25) is 0 Å². The van der Waals surface area contributed by atoms with Crippen LogP contribution in [0.1, 0.15) is 44.3 Å². The fourth-order valence-electron chi connectivity index (χ4n) is 4.79. The molecule has 4 N–H and O–H groups in total. The van der Waals surface area contributed by atoms with Crippen LogP contribution in [0, 0.1) is 0 Å². The summed E-state index contributed by atoms with van der Waals surface area (Å²) in [4.78, 5) is 42.7. The summed E-state index contributed by atoms with van der Waals surface area (Å²) in [6.45, 7) is 5.65. The van der Waals surface area contributed by atoms with Gasteiger partial charge in [-0.3, -0.25) is 18.7 Å². The van der Waals surface area contributed by atoms with Gasteiger partial charge in [0.1, 0.15) is 23.7 Å². The number of halogens is 2. The summed E-state index contributed by atoms with van der Waals surface area (Å²) in [5.74, 6) is -5.53. The number of fused-ring (bicyclic) bond motifs is 1. The van der Waals surface area contributed by atoms with E-state index in [-0.39, 0.29) is 22.5 Å². The van der Waals surface area contributed by atoms with Crippen LogP contribution in [0.25, 0.3) is 0 Å². The quantitative estimate of drug-likeness (QED) is 0.154. The molecule has 258 valence electrons. The highest BCUT2D eigenvalue weighted by atomic mass is 32.2. The van der Waals surface area contributed by atoms with Crippen molar-refractivity contribution >= 4 is 42.9 Å². The summed E-state index contributed by atoms with van der Waals surface area (Å²) in [5, 5.41) is 18.7. The van der Waals surface area contributed by atoms with Crippen molar-refractivity contribution in [2.24, 2.45) is 0 Å². The Balaban J connectivity index is 1.28. The molecule has 6 atom stereocenters. The second kappa shape index (κ2) is 14.3. The Hall–Kier alpha value is -3.86. The number of anilines is 2. The molecule has 0 spiro atoms. The second-order valence-electron chi connectivity index (χ2n) is 11.3. The Morgan fingerprint density at radius 3 is 2.60 bits per heavy atom. The molecule has 0 saturated carbocycles. The molecule has 5 rings (SSSR count). The van der Waals surface area contributed by atoms with Crippen LogP contribution >= 0.6 is 19.5 Å². The third-order valence-corrected chi connectivity index (χ3v) is 9.77. The molecule has 0 bridgehead atoms. The van der Waals surface area contributed by atoms with Crippen molar-refractivity contribution in [2.45, 2.75) is 74.5 Å². The first-order chi connectivity index (χ1) is 22.6. The number of thioether (sulfide) groups is 1. The highest BCUT2D eigenvalue weighted by Gasteiger charge is 2.60. The van der Waals surface area contributed by atoms with Crippen LogP contribution in [0.15, 0.2) is 70.5 Å². The van der Waals surface area contributed by atoms with Crippen molar-refractivity contribution in [1.29, 1.82) is 0 Å². The minimum atomic E-state index is -4.48. The van der Waals surface area contributed by atoms with E-state index in [2.05, 4.69) is 20.7 Å². The van der Waals surface area contributed by atoms with Gasteiger partial charge in [0.05, 0.1) is 18.1 Å². The number of para-hydroxylation sites is 1. The van der Waals surface area contributed by atoms with Crippen LogP contribution in [0.4, 0.5) is 20.3 Å². The lowest BCUT2D eigenvalue weighted by Crippen LogP contribution is -2.42. The van der Waals surface area contributed by atoms with E-state index in [1.807, 2.05) is 6.92 Å². The van der Waals surface area contributed by atoms with Gasteiger partial charge in [-0.15, -0.1) is 0 Å². The molecule has 2 aliphatic heterocycles. The third kappa shape index (κ3) is 8.05. The summed E-state index contributed by atoms with van der Waals surface area (Å²) in [6.07, 6.45) is -6.20. The Morgan fingerprint density at radius 2 is 1.92 bits per heavy atom. The van der Waals surface area contributed by atoms with Gasteiger partial charge < -0.3 is 29.7 Å². The molecule has 2 aromatic carbocycles. The zero-order valence-corrected chi connectivity index (χ0v) is 27.9. The molecule has 1 amide bonds. The fraction of sp³-hybridized carbons (Fsp3) is 0.400. The van der Waals surface area contributed by atoms with Gasteiger partial charge >= 0.3 is 25.3 Å². The minimum absolute atomic E-state index is 0.0695. The number of benzene rings is 2. The number of hydrogen-bond acceptors (Lipinski definition) is 12. The van der Waals surface area contributed by atoms with Gasteiger partial charge in [0, 0.05) is 22.3 Å². The van der Waals surface area contributed by atoms with Crippen molar-refractivity contribution in [3.05, 3.63) is 76.8 Å². The number of esters is 1. The molecule has 48 heavy (non-hydrogen) atoms. The average molecular weight is 710 g/mol. The maximum atomic E-state index is 15.3. The second-order valence-corrected chi connectivity index (χ2v) is 14.3. The largest absolute Gasteiger partial charge is 0.462 e. The van der Waals surface area contributed by atoms with Gasteiger partial charge in [0.2, 0.25) is 6.23 Å². The summed E-state index contributed by atoms with van der Waals surface area (Å²) in [6, 6.07) is 12.7. The van der Waals surface area contributed by atoms with E-state index in [4.69, 9.17) is 18.5 Å². The fourth-order valence-corrected chi connectivity index (χ4v) is 7.25. The minimum Gasteiger partial charge on any atom is -0.462 e. The number of carbonyl (C=O) groups is 2. The monoisotopic (exact) mass is 709 g/mol. The van der Waals surface area contributed by atoms with E-state index < -0.39 is 68.4 Å². The predicted octanol–water partition coefficient (Wildman–Crippen LogP) is 4.39. The molecule has 0 aliphatic carbocycles. The van der Waals surface area contributed by atoms with Crippen molar-refractivity contribution in [3.63, 3.8) is 0 Å². The lowest BCUT2D eigenvalue weighted by molar-refractivity contribution is -0.149. The number of aliphatic hydroxyl groups excluding tert-OH is 1. The van der Waals surface area contributed by atoms with Gasteiger partial charge in [0.15, 0.2) is 6.10 Å². The number of ether oxygens (including phenoxy) is 2. The summed E-state index contributed by atoms with van der Waals surface area (Å²) in [7, 11) is -4.48. The normalized spacial score (nSPS) is 23.1. The number of aromatic nitrogens is 2. The molecule has 18 heteroatoms. The molecular weight excluding hydrogens is 675 g/mol. The van der Waals surface area contributed by atoms with Crippen LogP contribution in [-0.4, -0.2) is 68.8 Å². The van der Waals surface area contributed by atoms with Gasteiger partial charge in [-0.05, 0) is 64.1 Å². The lowest BCUT2D eigenvalue weighted by atomic mass is 10.1. The number of aliphatic hydroxyl groups is 1. The van der Waals surface area contributed by atoms with Crippen LogP contribution in [0.3, 0.4) is 0 Å². The van der Waals surface area contributed by atoms with Crippen LogP contribution in [-0.2, 0) is 23.4 Å².